The van der Waals surface area contributed by atoms with Crippen LogP contribution < -0.4 is 10.3 Å². The van der Waals surface area contributed by atoms with E-state index in [0.29, 0.717) is 6.54 Å². The van der Waals surface area contributed by atoms with E-state index >= 15 is 0 Å². The van der Waals surface area contributed by atoms with Crippen LogP contribution in [0, 0.1) is 0 Å². The minimum absolute atomic E-state index is 0.00318. The molecule has 2 heterocycles. The van der Waals surface area contributed by atoms with Gasteiger partial charge in [0, 0.05) is 40.6 Å². The number of nitrogens with zero attached hydrogens (tertiary/aromatic N) is 2. The third-order valence-electron chi connectivity index (χ3n) is 4.69. The molecule has 0 fully saturated rings. The van der Waals surface area contributed by atoms with E-state index < -0.39 is 0 Å². The van der Waals surface area contributed by atoms with Gasteiger partial charge in [0.25, 0.3) is 5.56 Å². The van der Waals surface area contributed by atoms with Crippen molar-refractivity contribution < 1.29 is 9.53 Å². The molecule has 0 spiro atoms. The van der Waals surface area contributed by atoms with Crippen LogP contribution in [-0.4, -0.2) is 28.5 Å². The number of carbonyl (C=O) groups is 1. The third-order valence-corrected chi connectivity index (χ3v) is 6.06. The second-order valence-electron chi connectivity index (χ2n) is 6.82. The maximum absolute atomic E-state index is 13.2. The molecule has 0 bridgehead atoms. The van der Waals surface area contributed by atoms with E-state index in [1.165, 1.54) is 15.5 Å². The molecule has 1 atom stereocenters. The zero-order chi connectivity index (χ0) is 20.8. The number of aromatic nitrogens is 1. The van der Waals surface area contributed by atoms with E-state index in [1.54, 1.807) is 30.7 Å². The van der Waals surface area contributed by atoms with Crippen molar-refractivity contribution >= 4 is 33.2 Å². The minimum atomic E-state index is -0.197. The summed E-state index contributed by atoms with van der Waals surface area (Å²) in [4.78, 5) is 28.4. The average Bonchev–Trinajstić information content (AvgIpc) is 3.22. The van der Waals surface area contributed by atoms with Gasteiger partial charge in [-0.25, -0.2) is 0 Å². The first-order valence-corrected chi connectivity index (χ1v) is 10.9. The molecule has 2 aromatic heterocycles. The molecule has 7 heteroatoms. The van der Waals surface area contributed by atoms with Crippen molar-refractivity contribution in [2.45, 2.75) is 32.5 Å². The largest absolute Gasteiger partial charge is 0.497 e. The van der Waals surface area contributed by atoms with Gasteiger partial charge in [0.1, 0.15) is 12.3 Å². The van der Waals surface area contributed by atoms with Gasteiger partial charge >= 0.3 is 0 Å². The van der Waals surface area contributed by atoms with E-state index in [2.05, 4.69) is 22.0 Å². The van der Waals surface area contributed by atoms with Crippen molar-refractivity contribution in [3.8, 4) is 5.75 Å². The van der Waals surface area contributed by atoms with Gasteiger partial charge in [-0.15, -0.1) is 11.3 Å². The number of ether oxygens (including phenoxy) is 1. The molecule has 3 rings (SSSR count). The smallest absolute Gasteiger partial charge is 0.251 e. The number of benzene rings is 1. The number of pyridine rings is 1. The number of halogens is 1. The number of thiophene rings is 1. The molecule has 0 radical (unpaired) electrons. The highest BCUT2D eigenvalue weighted by molar-refractivity contribution is 9.10. The fourth-order valence-electron chi connectivity index (χ4n) is 3.11. The summed E-state index contributed by atoms with van der Waals surface area (Å²) in [6.45, 7) is 2.52. The van der Waals surface area contributed by atoms with Crippen LogP contribution in [0.15, 0.2) is 69.4 Å². The van der Waals surface area contributed by atoms with E-state index in [9.17, 15) is 9.59 Å². The van der Waals surface area contributed by atoms with Crippen LogP contribution in [0.3, 0.4) is 0 Å². The summed E-state index contributed by atoms with van der Waals surface area (Å²) >= 11 is 5.05. The fraction of sp³-hybridized carbons (Fsp3) is 0.273. The van der Waals surface area contributed by atoms with Crippen molar-refractivity contribution in [3.05, 3.63) is 85.4 Å². The van der Waals surface area contributed by atoms with E-state index in [-0.39, 0.29) is 24.1 Å². The van der Waals surface area contributed by atoms with Crippen molar-refractivity contribution in [1.82, 2.24) is 9.47 Å². The maximum Gasteiger partial charge on any atom is 0.251 e. The van der Waals surface area contributed by atoms with E-state index in [4.69, 9.17) is 4.74 Å². The Kier molecular flexibility index (Phi) is 7.28. The molecule has 0 aliphatic carbocycles. The first kappa shape index (κ1) is 21.3. The van der Waals surface area contributed by atoms with Gasteiger partial charge in [-0.2, -0.15) is 0 Å². The molecule has 0 saturated heterocycles. The summed E-state index contributed by atoms with van der Waals surface area (Å²) in [5.74, 6) is 0.684. The molecule has 152 valence electrons. The Bertz CT molecular complexity index is 1000. The quantitative estimate of drug-likeness (QED) is 0.487. The van der Waals surface area contributed by atoms with Crippen LogP contribution in [0.25, 0.3) is 0 Å². The number of hydrogen-bond donors (Lipinski definition) is 0. The number of carbonyl (C=O) groups excluding carboxylic acids is 1. The van der Waals surface area contributed by atoms with Crippen LogP contribution in [-0.2, 0) is 24.3 Å². The summed E-state index contributed by atoms with van der Waals surface area (Å²) in [5.41, 5.74) is 0.815. The Labute approximate surface area is 182 Å². The maximum atomic E-state index is 13.2. The zero-order valence-electron chi connectivity index (χ0n) is 16.4. The highest BCUT2D eigenvalue weighted by Crippen LogP contribution is 2.19. The summed E-state index contributed by atoms with van der Waals surface area (Å²) in [6.07, 6.45) is 2.42. The Morgan fingerprint density at radius 1 is 1.21 bits per heavy atom. The van der Waals surface area contributed by atoms with Gasteiger partial charge < -0.3 is 14.2 Å². The van der Waals surface area contributed by atoms with Gasteiger partial charge in [0.2, 0.25) is 5.91 Å². The molecule has 0 saturated carbocycles. The Hall–Kier alpha value is -2.38. The predicted octanol–water partition coefficient (Wildman–Crippen LogP) is 4.34. The first-order valence-electron chi connectivity index (χ1n) is 9.27. The van der Waals surface area contributed by atoms with Crippen LogP contribution in [0.2, 0.25) is 0 Å². The van der Waals surface area contributed by atoms with Crippen LogP contribution >= 0.6 is 27.3 Å². The molecule has 0 unspecified atom stereocenters. The lowest BCUT2D eigenvalue weighted by Gasteiger charge is -2.30. The van der Waals surface area contributed by atoms with Crippen molar-refractivity contribution in [2.75, 3.05) is 7.11 Å². The molecule has 0 aliphatic heterocycles. The lowest BCUT2D eigenvalue weighted by Crippen LogP contribution is -2.42. The molecule has 1 amide bonds. The summed E-state index contributed by atoms with van der Waals surface area (Å²) in [6, 6.07) is 14.9. The summed E-state index contributed by atoms with van der Waals surface area (Å²) in [5, 5.41) is 2.04. The highest BCUT2D eigenvalue weighted by atomic mass is 79.9. The topological polar surface area (TPSA) is 51.5 Å². The number of methoxy groups -OCH3 is 1. The van der Waals surface area contributed by atoms with Crippen molar-refractivity contribution in [1.29, 1.82) is 0 Å². The van der Waals surface area contributed by atoms with Gasteiger partial charge in [-0.05, 0) is 58.1 Å². The zero-order valence-corrected chi connectivity index (χ0v) is 18.8. The number of hydrogen-bond acceptors (Lipinski definition) is 4. The fourth-order valence-corrected chi connectivity index (χ4v) is 4.32. The van der Waals surface area contributed by atoms with Crippen molar-refractivity contribution in [2.24, 2.45) is 0 Å². The first-order chi connectivity index (χ1) is 14.0. The lowest BCUT2D eigenvalue weighted by atomic mass is 10.1. The van der Waals surface area contributed by atoms with Crippen LogP contribution in [0.4, 0.5) is 0 Å². The van der Waals surface area contributed by atoms with Gasteiger partial charge in [-0.1, -0.05) is 18.2 Å². The van der Waals surface area contributed by atoms with Crippen LogP contribution in [0.1, 0.15) is 17.4 Å². The molecule has 5 nitrogen and oxygen atoms in total. The molecular weight excluding hydrogens is 452 g/mol. The van der Waals surface area contributed by atoms with Gasteiger partial charge in [0.15, 0.2) is 0 Å². The average molecular weight is 475 g/mol. The Balaban J connectivity index is 1.82. The number of amides is 1. The van der Waals surface area contributed by atoms with E-state index in [0.717, 1.165) is 22.2 Å². The minimum Gasteiger partial charge on any atom is -0.497 e. The molecule has 3 aromatic rings. The van der Waals surface area contributed by atoms with E-state index in [1.807, 2.05) is 47.5 Å². The third kappa shape index (κ3) is 5.81. The summed E-state index contributed by atoms with van der Waals surface area (Å²) in [7, 11) is 1.63. The SMILES string of the molecule is COc1ccc(CN(C(=O)Cn2cc(Br)ccc2=O)[C@H](C)Cc2cccs2)cc1. The van der Waals surface area contributed by atoms with Crippen molar-refractivity contribution in [3.63, 3.8) is 0 Å². The number of rotatable bonds is 8. The lowest BCUT2D eigenvalue weighted by molar-refractivity contribution is -0.134. The molecule has 0 aliphatic rings. The molecular formula is C22H23BrN2O3S. The second kappa shape index (κ2) is 9.89. The Morgan fingerprint density at radius 2 is 1.97 bits per heavy atom. The highest BCUT2D eigenvalue weighted by Gasteiger charge is 2.22. The molecule has 0 N–H and O–H groups in total. The normalized spacial score (nSPS) is 11.8. The Morgan fingerprint density at radius 3 is 2.62 bits per heavy atom. The van der Waals surface area contributed by atoms with Crippen LogP contribution in [0.5, 0.6) is 5.75 Å². The van der Waals surface area contributed by atoms with Gasteiger partial charge in [0.05, 0.1) is 7.11 Å². The monoisotopic (exact) mass is 474 g/mol. The van der Waals surface area contributed by atoms with Gasteiger partial charge in [-0.3, -0.25) is 9.59 Å². The standard InChI is InChI=1S/C22H23BrN2O3S/c1-16(12-20-4-3-11-29-20)25(13-17-5-8-19(28-2)9-6-17)22(27)15-24-14-18(23)7-10-21(24)26/h3-11,14,16H,12-13,15H2,1-2H3/t16-/m1/s1. The predicted molar refractivity (Wildman–Crippen MR) is 119 cm³/mol. The summed E-state index contributed by atoms with van der Waals surface area (Å²) < 4.78 is 7.42. The molecule has 1 aromatic carbocycles. The second-order valence-corrected chi connectivity index (χ2v) is 8.76. The molecule has 29 heavy (non-hydrogen) atoms.